The second-order valence-corrected chi connectivity index (χ2v) is 6.67. The van der Waals surface area contributed by atoms with Crippen LogP contribution in [0.2, 0.25) is 0 Å². The monoisotopic (exact) mass is 272 g/mol. The van der Waals surface area contributed by atoms with E-state index in [1.54, 1.807) is 7.11 Å². The van der Waals surface area contributed by atoms with Crippen molar-refractivity contribution in [3.05, 3.63) is 12.3 Å². The number of halogens is 1. The van der Waals surface area contributed by atoms with Crippen molar-refractivity contribution in [3.8, 4) is 0 Å². The molecular weight excluding hydrogens is 252 g/mol. The standard InChI is InChI=1S/C13H21BrO/c1-15-9-3-2-4-12-10-11-5-7-13(12,14)8-6-11/h3,9,11-12H,2,4-8,10H2,1H3. The largest absolute Gasteiger partial charge is 0.505 e. The Hall–Kier alpha value is 0.0200. The second kappa shape index (κ2) is 4.90. The van der Waals surface area contributed by atoms with Crippen molar-refractivity contribution < 1.29 is 4.74 Å². The second-order valence-electron chi connectivity index (χ2n) is 5.10. The summed E-state index contributed by atoms with van der Waals surface area (Å²) in [4.78, 5) is 0. The van der Waals surface area contributed by atoms with Crippen LogP contribution in [0, 0.1) is 11.8 Å². The quantitative estimate of drug-likeness (QED) is 0.549. The molecule has 0 aromatic carbocycles. The number of rotatable bonds is 4. The Morgan fingerprint density at radius 3 is 2.73 bits per heavy atom. The number of hydrogen-bond acceptors (Lipinski definition) is 1. The molecule has 0 aromatic rings. The maximum Gasteiger partial charge on any atom is 0.0784 e. The molecule has 0 heterocycles. The van der Waals surface area contributed by atoms with Gasteiger partial charge in [-0.25, -0.2) is 0 Å². The molecular formula is C13H21BrO. The minimum atomic E-state index is 0.489. The van der Waals surface area contributed by atoms with Crippen LogP contribution in [-0.4, -0.2) is 11.4 Å². The predicted octanol–water partition coefficient (Wildman–Crippen LogP) is 4.27. The van der Waals surface area contributed by atoms with Gasteiger partial charge in [-0.3, -0.25) is 0 Å². The normalized spacial score (nSPS) is 39.9. The zero-order valence-electron chi connectivity index (χ0n) is 9.55. The molecule has 0 amide bonds. The van der Waals surface area contributed by atoms with E-state index < -0.39 is 0 Å². The number of fused-ring (bicyclic) bond motifs is 3. The molecule has 3 saturated carbocycles. The fourth-order valence-corrected chi connectivity index (χ4v) is 4.13. The molecule has 0 saturated heterocycles. The Morgan fingerprint density at radius 2 is 2.13 bits per heavy atom. The molecule has 0 aromatic heterocycles. The van der Waals surface area contributed by atoms with E-state index >= 15 is 0 Å². The van der Waals surface area contributed by atoms with Crippen LogP contribution in [-0.2, 0) is 4.74 Å². The van der Waals surface area contributed by atoms with E-state index in [9.17, 15) is 0 Å². The van der Waals surface area contributed by atoms with E-state index in [0.717, 1.165) is 11.8 Å². The first-order valence-electron chi connectivity index (χ1n) is 6.11. The molecule has 1 atom stereocenters. The number of allylic oxidation sites excluding steroid dienone is 1. The Morgan fingerprint density at radius 1 is 1.40 bits per heavy atom. The number of methoxy groups -OCH3 is 1. The highest BCUT2D eigenvalue weighted by Gasteiger charge is 2.45. The molecule has 15 heavy (non-hydrogen) atoms. The van der Waals surface area contributed by atoms with Crippen LogP contribution in [0.25, 0.3) is 0 Å². The fourth-order valence-electron chi connectivity index (χ4n) is 3.25. The Balaban J connectivity index is 1.84. The van der Waals surface area contributed by atoms with Gasteiger partial charge in [0.25, 0.3) is 0 Å². The van der Waals surface area contributed by atoms with Gasteiger partial charge in [0.1, 0.15) is 0 Å². The average molecular weight is 273 g/mol. The van der Waals surface area contributed by atoms with Gasteiger partial charge < -0.3 is 4.74 Å². The van der Waals surface area contributed by atoms with Crippen molar-refractivity contribution in [1.29, 1.82) is 0 Å². The molecule has 3 aliphatic rings. The van der Waals surface area contributed by atoms with Gasteiger partial charge >= 0.3 is 0 Å². The van der Waals surface area contributed by atoms with Gasteiger partial charge in [-0.15, -0.1) is 0 Å². The highest BCUT2D eigenvalue weighted by atomic mass is 79.9. The summed E-state index contributed by atoms with van der Waals surface area (Å²) in [7, 11) is 1.71. The number of ether oxygens (including phenoxy) is 1. The molecule has 1 unspecified atom stereocenters. The van der Waals surface area contributed by atoms with E-state index in [1.165, 1.54) is 44.9 Å². The summed E-state index contributed by atoms with van der Waals surface area (Å²) < 4.78 is 5.41. The van der Waals surface area contributed by atoms with E-state index in [0.29, 0.717) is 4.32 Å². The lowest BCUT2D eigenvalue weighted by atomic mass is 9.63. The summed E-state index contributed by atoms with van der Waals surface area (Å²) >= 11 is 4.01. The Kier molecular flexibility index (Phi) is 3.76. The summed E-state index contributed by atoms with van der Waals surface area (Å²) in [5, 5.41) is 0. The van der Waals surface area contributed by atoms with Gasteiger partial charge in [-0.2, -0.15) is 0 Å². The van der Waals surface area contributed by atoms with Crippen LogP contribution in [0.5, 0.6) is 0 Å². The summed E-state index contributed by atoms with van der Waals surface area (Å²) in [6, 6.07) is 0. The summed E-state index contributed by atoms with van der Waals surface area (Å²) in [5.74, 6) is 1.92. The SMILES string of the molecule is COC=CCCC1CC2CCC1(Br)CC2. The molecule has 0 spiro atoms. The molecule has 3 fully saturated rings. The lowest BCUT2D eigenvalue weighted by Gasteiger charge is -2.49. The van der Waals surface area contributed by atoms with Crippen molar-refractivity contribution in [2.24, 2.45) is 11.8 Å². The minimum Gasteiger partial charge on any atom is -0.505 e. The molecule has 1 nitrogen and oxygen atoms in total. The molecule has 0 radical (unpaired) electrons. The number of alkyl halides is 1. The molecule has 0 aliphatic heterocycles. The van der Waals surface area contributed by atoms with Crippen LogP contribution < -0.4 is 0 Å². The van der Waals surface area contributed by atoms with Gasteiger partial charge in [0, 0.05) is 4.32 Å². The first-order valence-corrected chi connectivity index (χ1v) is 6.90. The third-order valence-corrected chi connectivity index (χ3v) is 5.64. The highest BCUT2D eigenvalue weighted by Crippen LogP contribution is 2.54. The third-order valence-electron chi connectivity index (χ3n) is 4.20. The first kappa shape index (κ1) is 11.5. The molecule has 3 rings (SSSR count). The molecule has 2 heteroatoms. The van der Waals surface area contributed by atoms with Gasteiger partial charge in [-0.1, -0.05) is 15.9 Å². The number of hydrogen-bond donors (Lipinski definition) is 0. The van der Waals surface area contributed by atoms with E-state index in [1.807, 2.05) is 6.26 Å². The van der Waals surface area contributed by atoms with Crippen LogP contribution >= 0.6 is 15.9 Å². The van der Waals surface area contributed by atoms with Crippen LogP contribution in [0.1, 0.15) is 44.9 Å². The van der Waals surface area contributed by atoms with E-state index in [-0.39, 0.29) is 0 Å². The Bertz CT molecular complexity index is 229. The molecule has 3 aliphatic carbocycles. The fraction of sp³-hybridized carbons (Fsp3) is 0.846. The summed E-state index contributed by atoms with van der Waals surface area (Å²) in [6.07, 6.45) is 13.6. The minimum absolute atomic E-state index is 0.489. The highest BCUT2D eigenvalue weighted by molar-refractivity contribution is 9.10. The topological polar surface area (TPSA) is 9.23 Å². The zero-order chi connectivity index (χ0) is 10.7. The van der Waals surface area contributed by atoms with Gasteiger partial charge in [-0.05, 0) is 62.9 Å². The van der Waals surface area contributed by atoms with Crippen LogP contribution in [0.15, 0.2) is 12.3 Å². The summed E-state index contributed by atoms with van der Waals surface area (Å²) in [5.41, 5.74) is 0. The van der Waals surface area contributed by atoms with Crippen LogP contribution in [0.3, 0.4) is 0 Å². The molecule has 86 valence electrons. The van der Waals surface area contributed by atoms with Crippen molar-refractivity contribution >= 4 is 15.9 Å². The molecule has 0 N–H and O–H groups in total. The maximum atomic E-state index is 4.93. The third kappa shape index (κ3) is 2.58. The van der Waals surface area contributed by atoms with Gasteiger partial charge in [0.05, 0.1) is 13.4 Å². The predicted molar refractivity (Wildman–Crippen MR) is 67.1 cm³/mol. The van der Waals surface area contributed by atoms with Gasteiger partial charge in [0.15, 0.2) is 0 Å². The summed E-state index contributed by atoms with van der Waals surface area (Å²) in [6.45, 7) is 0. The van der Waals surface area contributed by atoms with Crippen molar-refractivity contribution in [3.63, 3.8) is 0 Å². The maximum absolute atomic E-state index is 4.93. The lowest BCUT2D eigenvalue weighted by molar-refractivity contribution is 0.125. The van der Waals surface area contributed by atoms with Crippen LogP contribution in [0.4, 0.5) is 0 Å². The van der Waals surface area contributed by atoms with E-state index in [4.69, 9.17) is 4.74 Å². The average Bonchev–Trinajstić information content (AvgIpc) is 2.26. The van der Waals surface area contributed by atoms with Crippen molar-refractivity contribution in [1.82, 2.24) is 0 Å². The zero-order valence-corrected chi connectivity index (χ0v) is 11.1. The smallest absolute Gasteiger partial charge is 0.0784 e. The van der Waals surface area contributed by atoms with Crippen molar-refractivity contribution in [2.45, 2.75) is 49.3 Å². The Labute approximate surface area is 101 Å². The van der Waals surface area contributed by atoms with E-state index in [2.05, 4.69) is 22.0 Å². The van der Waals surface area contributed by atoms with Gasteiger partial charge in [0.2, 0.25) is 0 Å². The van der Waals surface area contributed by atoms with Crippen molar-refractivity contribution in [2.75, 3.05) is 7.11 Å². The first-order chi connectivity index (χ1) is 7.24. The lowest BCUT2D eigenvalue weighted by Crippen LogP contribution is -2.42. The molecule has 2 bridgehead atoms.